The van der Waals surface area contributed by atoms with Gasteiger partial charge in [-0.3, -0.25) is 35.6 Å². The Labute approximate surface area is 463 Å². The number of benzene rings is 4. The van der Waals surface area contributed by atoms with E-state index in [4.69, 9.17) is 66.8 Å². The molecule has 0 fully saturated rings. The number of amides is 2. The van der Waals surface area contributed by atoms with Gasteiger partial charge >= 0.3 is 103 Å². The standard InChI is InChI=1S/C18H14ClN3O3.C11H10BrClN2O2.C7H5NO.CH2O3.IS.2K.H/c1-18(24,11-25-14-6-3-12(10-20)4-7-14)17(23)22-13-5-8-16(21-2)15(19)9-13;1-11(17,6-12)10(16)15-7-3-4-9(14-2)8(13)5-7;8-5-6-1-3-7(9)4-2-6;2-1-4-3;1-2;;;/h3-9,24H,11H2,1H3,(H,22,23);3-5,17H,6H2,1H3,(H,15,16);1-4,9H;1,3H;;;;/q;;;;-1;2*+1;-1/p-1/t18-;11-;;;;;;/m00....../s1. The van der Waals surface area contributed by atoms with Gasteiger partial charge in [0.2, 0.25) is 11.4 Å². The summed E-state index contributed by atoms with van der Waals surface area (Å²) < 4.78 is 5.40. The van der Waals surface area contributed by atoms with Crippen LogP contribution in [0.1, 0.15) is 26.4 Å². The number of aliphatic hydroxyl groups is 2. The van der Waals surface area contributed by atoms with Gasteiger partial charge in [0.05, 0.1) is 36.4 Å². The number of phenols is 1. The molecule has 0 aliphatic heterocycles. The van der Waals surface area contributed by atoms with Gasteiger partial charge in [0.25, 0.3) is 18.3 Å². The summed E-state index contributed by atoms with van der Waals surface area (Å²) in [5.74, 6) is -0.598. The molecule has 4 aromatic rings. The Morgan fingerprint density at radius 3 is 1.56 bits per heavy atom. The number of hydrogen-bond donors (Lipinski definition) is 5. The predicted octanol–water partition coefficient (Wildman–Crippen LogP) is 1.21. The number of alkyl halides is 1. The Hall–Kier alpha value is -1.86. The minimum Gasteiger partial charge on any atom is -1.00 e. The first kappa shape index (κ1) is 61.4. The molecule has 300 valence electrons. The fourth-order valence-electron chi connectivity index (χ4n) is 3.39. The van der Waals surface area contributed by atoms with E-state index in [-0.39, 0.29) is 144 Å². The van der Waals surface area contributed by atoms with Crippen LogP contribution < -0.4 is 123 Å². The van der Waals surface area contributed by atoms with Crippen molar-refractivity contribution in [1.82, 2.24) is 0 Å². The van der Waals surface area contributed by atoms with Crippen molar-refractivity contribution in [3.63, 3.8) is 0 Å². The molecule has 0 saturated heterocycles. The summed E-state index contributed by atoms with van der Waals surface area (Å²) >= 11 is 16.5. The number of rotatable bonds is 9. The minimum atomic E-state index is -1.79. The smallest absolute Gasteiger partial charge is 1.00 e. The summed E-state index contributed by atoms with van der Waals surface area (Å²) in [6, 6.07) is 25.3. The van der Waals surface area contributed by atoms with Gasteiger partial charge in [-0.2, -0.15) is 10.5 Å². The van der Waals surface area contributed by atoms with Crippen molar-refractivity contribution in [3.8, 4) is 23.6 Å². The molecule has 59 heavy (non-hydrogen) atoms. The fraction of sp³-hybridized carbons (Fsp3) is 0.162. The summed E-state index contributed by atoms with van der Waals surface area (Å²) in [6.45, 7) is 16.0. The van der Waals surface area contributed by atoms with Gasteiger partial charge in [0.1, 0.15) is 23.7 Å². The van der Waals surface area contributed by atoms with E-state index < -0.39 is 23.0 Å². The monoisotopic (exact) mass is 1090 g/mol. The molecule has 15 nitrogen and oxygen atoms in total. The molecule has 0 bridgehead atoms. The van der Waals surface area contributed by atoms with Gasteiger partial charge in [-0.05, 0) is 86.6 Å². The maximum atomic E-state index is 12.2. The number of carbonyl (C=O) groups excluding carboxylic acids is 3. The van der Waals surface area contributed by atoms with Crippen LogP contribution in [-0.2, 0) is 29.1 Å². The maximum absolute atomic E-state index is 12.2. The van der Waals surface area contributed by atoms with Crippen LogP contribution in [0.15, 0.2) is 84.9 Å². The van der Waals surface area contributed by atoms with Crippen LogP contribution in [0.3, 0.4) is 0 Å². The van der Waals surface area contributed by atoms with Gasteiger partial charge in [0.15, 0.2) is 5.60 Å². The van der Waals surface area contributed by atoms with Crippen LogP contribution in [0.5, 0.6) is 11.5 Å². The molecule has 22 heteroatoms. The first-order chi connectivity index (χ1) is 27.0. The van der Waals surface area contributed by atoms with Crippen LogP contribution in [0.2, 0.25) is 10.0 Å². The summed E-state index contributed by atoms with van der Waals surface area (Å²) in [5, 5.41) is 59.8. The molecule has 0 aliphatic carbocycles. The molecule has 0 aromatic heterocycles. The molecule has 0 heterocycles. The molecule has 4 rings (SSSR count). The number of phenolic OH excluding ortho intramolecular Hbond substituents is 1. The summed E-state index contributed by atoms with van der Waals surface area (Å²) in [5.41, 5.74) is -0.851. The number of nitriles is 2. The molecule has 0 saturated carbocycles. The van der Waals surface area contributed by atoms with Gasteiger partial charge in [0, 0.05) is 26.8 Å². The van der Waals surface area contributed by atoms with E-state index in [1.54, 1.807) is 63.7 Å². The van der Waals surface area contributed by atoms with Crippen molar-refractivity contribution in [2.45, 2.75) is 25.0 Å². The SMILES string of the molecule is N#Cc1ccc(O)cc1.O=CO[O-].[C-]#[N+]c1ccc(NC(=O)[C@@](C)(O)CBr)cc1Cl.[C-]#[N+]c1ccc(NC(=O)[C@@](C)(O)COc2ccc(C#N)cc2)cc1Cl.[H-].[K+].[K+].[S-]I. The van der Waals surface area contributed by atoms with E-state index in [0.717, 1.165) is 0 Å². The van der Waals surface area contributed by atoms with E-state index >= 15 is 0 Å². The van der Waals surface area contributed by atoms with Crippen LogP contribution >= 0.6 is 60.3 Å². The molecule has 0 spiro atoms. The number of aromatic hydroxyl groups is 1. The zero-order valence-electron chi connectivity index (χ0n) is 32.6. The number of hydrogen-bond acceptors (Lipinski definition) is 12. The number of anilines is 2. The van der Waals surface area contributed by atoms with Crippen LogP contribution in [0, 0.1) is 35.8 Å². The van der Waals surface area contributed by atoms with Crippen molar-refractivity contribution < 1.29 is 149 Å². The second kappa shape index (κ2) is 33.7. The zero-order chi connectivity index (χ0) is 43.6. The first-order valence-electron chi connectivity index (χ1n) is 15.2. The van der Waals surface area contributed by atoms with Crippen LogP contribution in [-0.4, -0.2) is 56.7 Å². The van der Waals surface area contributed by atoms with Gasteiger partial charge in [-0.25, -0.2) is 9.69 Å². The van der Waals surface area contributed by atoms with E-state index in [1.807, 2.05) is 12.1 Å². The van der Waals surface area contributed by atoms with Crippen molar-refractivity contribution >= 4 is 111 Å². The first-order valence-corrected chi connectivity index (χ1v) is 20.0. The van der Waals surface area contributed by atoms with Crippen molar-refractivity contribution in [2.75, 3.05) is 22.6 Å². The quantitative estimate of drug-likeness (QED) is 0.0233. The van der Waals surface area contributed by atoms with Crippen molar-refractivity contribution in [2.24, 2.45) is 0 Å². The predicted molar refractivity (Wildman–Crippen MR) is 227 cm³/mol. The third-order valence-corrected chi connectivity index (χ3v) is 8.13. The van der Waals surface area contributed by atoms with E-state index in [0.29, 0.717) is 33.9 Å². The van der Waals surface area contributed by atoms with Crippen LogP contribution in [0.4, 0.5) is 22.7 Å². The average Bonchev–Trinajstić information content (AvgIpc) is 3.22. The number of carbonyl (C=O) groups is 3. The molecule has 4 aromatic carbocycles. The molecule has 5 N–H and O–H groups in total. The number of ether oxygens (including phenoxy) is 1. The molecule has 0 unspecified atom stereocenters. The Morgan fingerprint density at radius 2 is 1.24 bits per heavy atom. The number of nitrogens with zero attached hydrogens (tertiary/aromatic N) is 4. The molecule has 2 atom stereocenters. The largest absolute Gasteiger partial charge is 1.00 e. The maximum Gasteiger partial charge on any atom is 1.00 e. The normalized spacial score (nSPS) is 10.9. The van der Waals surface area contributed by atoms with E-state index in [2.05, 4.69) is 50.9 Å². The molecular weight excluding hydrogens is 1060 g/mol. The Balaban J connectivity index is -0.000000388. The van der Waals surface area contributed by atoms with Crippen LogP contribution in [0.25, 0.3) is 9.69 Å². The Kier molecular flexibility index (Phi) is 35.1. The fourth-order valence-corrected chi connectivity index (χ4v) is 4.09. The summed E-state index contributed by atoms with van der Waals surface area (Å²) in [7, 11) is 4.05. The number of halogens is 4. The topological polar surface area (TPSA) is 234 Å². The Morgan fingerprint density at radius 1 is 0.864 bits per heavy atom. The van der Waals surface area contributed by atoms with Crippen molar-refractivity contribution in [3.05, 3.63) is 129 Å². The zero-order valence-corrected chi connectivity index (χ0v) is 43.9. The third kappa shape index (κ3) is 24.4. The van der Waals surface area contributed by atoms with E-state index in [1.165, 1.54) is 56.3 Å². The van der Waals surface area contributed by atoms with E-state index in [9.17, 15) is 19.8 Å². The van der Waals surface area contributed by atoms with Gasteiger partial charge < -0.3 is 52.1 Å². The second-order valence-electron chi connectivity index (χ2n) is 10.9. The molecule has 2 amide bonds. The van der Waals surface area contributed by atoms with Crippen molar-refractivity contribution in [1.29, 1.82) is 10.5 Å². The Bertz CT molecular complexity index is 2120. The molecule has 0 aliphatic rings. The molecular formula is C37H31BrCl2IK2N6O9S-. The third-order valence-electron chi connectivity index (χ3n) is 6.43. The average molecular weight is 1090 g/mol. The molecule has 0 radical (unpaired) electrons. The second-order valence-corrected chi connectivity index (χ2v) is 12.3. The number of nitrogens with one attached hydrogen (secondary N) is 2. The summed E-state index contributed by atoms with van der Waals surface area (Å²) in [6.07, 6.45) is 0. The summed E-state index contributed by atoms with van der Waals surface area (Å²) in [4.78, 5) is 41.6. The minimum absolute atomic E-state index is 0. The van der Waals surface area contributed by atoms with Gasteiger partial charge in [-0.15, -0.1) is 0 Å². The van der Waals surface area contributed by atoms with Gasteiger partial charge in [-0.1, -0.05) is 51.3 Å².